The molecule has 0 amide bonds. The van der Waals surface area contributed by atoms with E-state index in [9.17, 15) is 0 Å². The van der Waals surface area contributed by atoms with Crippen LogP contribution in [0.4, 0.5) is 0 Å². The molecule has 4 N–H and O–H groups in total. The number of rotatable bonds is 1. The van der Waals surface area contributed by atoms with Gasteiger partial charge in [-0.25, -0.2) is 0 Å². The summed E-state index contributed by atoms with van der Waals surface area (Å²) in [6.07, 6.45) is 2.64. The summed E-state index contributed by atoms with van der Waals surface area (Å²) in [4.78, 5) is 0. The Labute approximate surface area is 113 Å². The molecule has 0 saturated carbocycles. The smallest absolute Gasteiger partial charge is 0.415 e. The molecule has 0 aromatic heterocycles. The number of hydrogen-bond acceptors (Lipinski definition) is 4. The Morgan fingerprint density at radius 3 is 1.08 bits per heavy atom. The number of thiocarbonyl (C=S) groups is 2. The van der Waals surface area contributed by atoms with Crippen LogP contribution in [-0.2, 0) is 42.3 Å². The predicted octanol–water partition coefficient (Wildman–Crippen LogP) is 1.36. The fourth-order valence-electron chi connectivity index (χ4n) is 0. The van der Waals surface area contributed by atoms with Gasteiger partial charge >= 0.3 is 17.1 Å². The third-order valence-corrected chi connectivity index (χ3v) is 0.500. The van der Waals surface area contributed by atoms with E-state index < -0.39 is 0 Å². The van der Waals surface area contributed by atoms with Gasteiger partial charge in [0, 0.05) is 0 Å². The Morgan fingerprint density at radius 1 is 1.00 bits per heavy atom. The van der Waals surface area contributed by atoms with Crippen LogP contribution in [0.5, 0.6) is 0 Å². The largest absolute Gasteiger partial charge is 2.00 e. The van der Waals surface area contributed by atoms with Crippen molar-refractivity contribution in [3.05, 3.63) is 0 Å². The minimum absolute atomic E-state index is 0. The van der Waals surface area contributed by atoms with E-state index in [4.69, 9.17) is 0 Å². The van der Waals surface area contributed by atoms with Crippen molar-refractivity contribution in [1.82, 2.24) is 0 Å². The Hall–Kier alpha value is 0.739. The van der Waals surface area contributed by atoms with E-state index >= 15 is 0 Å². The van der Waals surface area contributed by atoms with Crippen LogP contribution in [0.15, 0.2) is 0 Å². The van der Waals surface area contributed by atoms with E-state index in [1.807, 2.05) is 0 Å². The molecule has 2 nitrogen and oxygen atoms in total. The molecule has 0 aliphatic rings. The first-order valence-electron chi connectivity index (χ1n) is 3.31. The maximum atomic E-state index is 4.66. The van der Waals surface area contributed by atoms with E-state index in [-0.39, 0.29) is 25.7 Å². The summed E-state index contributed by atoms with van der Waals surface area (Å²) in [5, 5.41) is 0. The zero-order valence-corrected chi connectivity index (χ0v) is 11.7. The number of unbranched alkanes of at least 4 members (excludes halogenated alkanes) is 1. The summed E-state index contributed by atoms with van der Waals surface area (Å²) >= 11 is 16.5. The maximum Gasteiger partial charge on any atom is 2.00 e. The molecule has 0 unspecified atom stereocenters. The van der Waals surface area contributed by atoms with Gasteiger partial charge in [-0.2, -0.15) is 0 Å². The third-order valence-electron chi connectivity index (χ3n) is 0.500. The summed E-state index contributed by atoms with van der Waals surface area (Å²) in [5.41, 5.74) is 9.31. The number of hydrogen-bond donors (Lipinski definition) is 2. The average molecular weight is 306 g/mol. The quantitative estimate of drug-likeness (QED) is 0.433. The zero-order valence-electron chi connectivity index (χ0n) is 7.50. The molecule has 7 heteroatoms. The minimum Gasteiger partial charge on any atom is -0.415 e. The van der Waals surface area contributed by atoms with Crippen molar-refractivity contribution in [2.75, 3.05) is 0 Å². The van der Waals surface area contributed by atoms with E-state index in [1.54, 1.807) is 0 Å². The van der Waals surface area contributed by atoms with Gasteiger partial charge in [0.2, 0.25) is 0 Å². The first-order chi connectivity index (χ1) is 5.38. The first-order valence-corrected chi connectivity index (χ1v) is 4.94. The first kappa shape index (κ1) is 23.5. The molecule has 83 valence electrons. The van der Waals surface area contributed by atoms with Gasteiger partial charge in [0.1, 0.15) is 0 Å². The molecular formula is C6H14CuN2S4. The van der Waals surface area contributed by atoms with Crippen molar-refractivity contribution in [1.29, 1.82) is 0 Å². The SMILES string of the molecule is CCCC.NC(=S)[S-].NC(=S)[S-].[Cu+2]. The van der Waals surface area contributed by atoms with E-state index in [0.717, 1.165) is 0 Å². The Morgan fingerprint density at radius 2 is 1.08 bits per heavy atom. The molecule has 0 aliphatic carbocycles. The standard InChI is InChI=1S/C4H10.2CH3NS2.Cu/c1-3-4-2;2*2-1(3)4;/h3-4H2,1-2H3;2*(H3,2,3,4);/q;;;+2/p-2. The van der Waals surface area contributed by atoms with Gasteiger partial charge in [0.15, 0.2) is 0 Å². The van der Waals surface area contributed by atoms with Gasteiger partial charge < -0.3 is 61.2 Å². The fraction of sp³-hybridized carbons (Fsp3) is 0.667. The summed E-state index contributed by atoms with van der Waals surface area (Å²) < 4.78 is 0.167. The van der Waals surface area contributed by atoms with Crippen LogP contribution in [-0.4, -0.2) is 8.64 Å². The summed E-state index contributed by atoms with van der Waals surface area (Å²) in [6, 6.07) is 0. The second-order valence-electron chi connectivity index (χ2n) is 1.64. The molecule has 0 heterocycles. The summed E-state index contributed by atoms with van der Waals surface area (Å²) in [7, 11) is 0. The maximum absolute atomic E-state index is 4.66. The van der Waals surface area contributed by atoms with Gasteiger partial charge in [-0.05, 0) is 0 Å². The van der Waals surface area contributed by atoms with Gasteiger partial charge in [-0.3, -0.25) is 0 Å². The van der Waals surface area contributed by atoms with Crippen molar-refractivity contribution in [3.63, 3.8) is 0 Å². The summed E-state index contributed by atoms with van der Waals surface area (Å²) in [6.45, 7) is 4.36. The molecule has 0 aliphatic heterocycles. The van der Waals surface area contributed by atoms with Crippen LogP contribution < -0.4 is 11.5 Å². The van der Waals surface area contributed by atoms with Gasteiger partial charge in [0.05, 0.1) is 0 Å². The van der Waals surface area contributed by atoms with Crippen LogP contribution in [0.2, 0.25) is 0 Å². The van der Waals surface area contributed by atoms with Gasteiger partial charge in [0.25, 0.3) is 0 Å². The average Bonchev–Trinajstić information content (AvgIpc) is 1.85. The fourth-order valence-corrected chi connectivity index (χ4v) is 0. The Balaban J connectivity index is -0.0000000450. The number of nitrogens with two attached hydrogens (primary N) is 2. The van der Waals surface area contributed by atoms with E-state index in [1.165, 1.54) is 12.8 Å². The summed E-state index contributed by atoms with van der Waals surface area (Å²) in [5.74, 6) is 0. The molecule has 13 heavy (non-hydrogen) atoms. The second kappa shape index (κ2) is 23.0. The van der Waals surface area contributed by atoms with Crippen molar-refractivity contribution >= 4 is 58.3 Å². The van der Waals surface area contributed by atoms with Crippen molar-refractivity contribution in [3.8, 4) is 0 Å². The minimum atomic E-state index is 0. The monoisotopic (exact) mass is 305 g/mol. The van der Waals surface area contributed by atoms with Crippen LogP contribution in [0.3, 0.4) is 0 Å². The third kappa shape index (κ3) is 486. The van der Waals surface area contributed by atoms with Crippen LogP contribution in [0.25, 0.3) is 0 Å². The van der Waals surface area contributed by atoms with Crippen molar-refractivity contribution < 1.29 is 17.1 Å². The van der Waals surface area contributed by atoms with Gasteiger partial charge in [-0.15, -0.1) is 0 Å². The van der Waals surface area contributed by atoms with E-state index in [2.05, 4.69) is 75.0 Å². The molecular weight excluding hydrogens is 292 g/mol. The second-order valence-corrected chi connectivity index (χ2v) is 3.91. The molecule has 0 atom stereocenters. The van der Waals surface area contributed by atoms with Crippen LogP contribution in [0.1, 0.15) is 26.7 Å². The zero-order chi connectivity index (χ0) is 10.6. The van der Waals surface area contributed by atoms with Crippen molar-refractivity contribution in [2.45, 2.75) is 26.7 Å². The molecule has 0 aromatic carbocycles. The predicted molar refractivity (Wildman–Crippen MR) is 68.9 cm³/mol. The molecule has 0 fully saturated rings. The molecule has 0 bridgehead atoms. The molecule has 1 radical (unpaired) electrons. The topological polar surface area (TPSA) is 52.0 Å². The molecule has 0 rings (SSSR count). The molecule has 0 aromatic rings. The van der Waals surface area contributed by atoms with Gasteiger partial charge in [-0.1, -0.05) is 35.3 Å². The van der Waals surface area contributed by atoms with E-state index in [0.29, 0.717) is 0 Å². The molecule has 0 spiro atoms. The Bertz CT molecular complexity index is 99.2. The Kier molecular flexibility index (Phi) is 41.6. The normalized spacial score (nSPS) is 6.00. The van der Waals surface area contributed by atoms with Crippen molar-refractivity contribution in [2.24, 2.45) is 11.5 Å². The molecule has 0 saturated heterocycles. The van der Waals surface area contributed by atoms with Crippen LogP contribution >= 0.6 is 24.4 Å². The van der Waals surface area contributed by atoms with Crippen LogP contribution in [0, 0.1) is 0 Å².